The van der Waals surface area contributed by atoms with Crippen LogP contribution in [0.1, 0.15) is 38.8 Å². The minimum absolute atomic E-state index is 0.0726. The van der Waals surface area contributed by atoms with Crippen molar-refractivity contribution in [3.63, 3.8) is 0 Å². The van der Waals surface area contributed by atoms with Crippen LogP contribution in [0.15, 0.2) is 77.7 Å². The molecular weight excluding hydrogens is 440 g/mol. The summed E-state index contributed by atoms with van der Waals surface area (Å²) in [6.45, 7) is 5.02. The molecule has 7 nitrogen and oxygen atoms in total. The third-order valence-corrected chi connectivity index (χ3v) is 7.34. The van der Waals surface area contributed by atoms with Gasteiger partial charge < -0.3 is 0 Å². The van der Waals surface area contributed by atoms with Crippen molar-refractivity contribution in [1.29, 1.82) is 0 Å². The van der Waals surface area contributed by atoms with E-state index in [2.05, 4.69) is 0 Å². The topological polar surface area (TPSA) is 91.8 Å². The van der Waals surface area contributed by atoms with Gasteiger partial charge in [-0.25, -0.2) is 12.7 Å². The van der Waals surface area contributed by atoms with Gasteiger partial charge in [0.15, 0.2) is 0 Å². The van der Waals surface area contributed by atoms with E-state index in [-0.39, 0.29) is 21.7 Å². The van der Waals surface area contributed by atoms with Crippen molar-refractivity contribution in [3.05, 3.63) is 95.1 Å². The molecule has 0 aromatic heterocycles. The lowest BCUT2D eigenvalue weighted by Crippen LogP contribution is -2.51. The smallest absolute Gasteiger partial charge is 0.270 e. The van der Waals surface area contributed by atoms with Gasteiger partial charge in [-0.05, 0) is 57.2 Å². The number of benzene rings is 3. The Labute approximate surface area is 192 Å². The molecule has 1 aliphatic rings. The van der Waals surface area contributed by atoms with E-state index in [9.17, 15) is 22.8 Å². The maximum atomic E-state index is 13.6. The summed E-state index contributed by atoms with van der Waals surface area (Å²) in [6.07, 6.45) is 0. The van der Waals surface area contributed by atoms with Gasteiger partial charge in [0.2, 0.25) is 0 Å². The molecular formula is C25H22N2O5S. The fraction of sp³-hybridized carbons (Fsp3) is 0.160. The molecule has 3 amide bonds. The molecule has 3 aromatic carbocycles. The Kier molecular flexibility index (Phi) is 5.63. The van der Waals surface area contributed by atoms with Gasteiger partial charge in [0, 0.05) is 0 Å². The van der Waals surface area contributed by atoms with Gasteiger partial charge in [-0.3, -0.25) is 19.3 Å². The number of hydrogen-bond donors (Lipinski definition) is 0. The molecule has 0 saturated carbocycles. The number of sulfonamides is 1. The fourth-order valence-electron chi connectivity index (χ4n) is 3.72. The number of carbonyl (C=O) groups is 3. The van der Waals surface area contributed by atoms with Crippen molar-refractivity contribution in [1.82, 2.24) is 4.90 Å². The zero-order valence-electron chi connectivity index (χ0n) is 18.3. The minimum atomic E-state index is -4.33. The molecule has 1 heterocycles. The minimum Gasteiger partial charge on any atom is -0.271 e. The highest BCUT2D eigenvalue weighted by molar-refractivity contribution is 7.93. The molecule has 4 rings (SSSR count). The summed E-state index contributed by atoms with van der Waals surface area (Å²) in [5, 5.41) is 0. The lowest BCUT2D eigenvalue weighted by Gasteiger charge is -2.29. The van der Waals surface area contributed by atoms with Crippen molar-refractivity contribution < 1.29 is 22.8 Å². The standard InChI is InChI=1S/C25H22N2O5S/c1-16-8-12-19(13-9-16)27(33(31,32)20-14-10-17(2)11-15-20)23(28)18(3)26-24(29)21-6-4-5-7-22(21)25(26)30/h4-15,18H,1-3H3. The summed E-state index contributed by atoms with van der Waals surface area (Å²) in [7, 11) is -4.33. The van der Waals surface area contributed by atoms with Crippen molar-refractivity contribution >= 4 is 33.4 Å². The number of rotatable bonds is 5. The average Bonchev–Trinajstić information content (AvgIpc) is 3.05. The lowest BCUT2D eigenvalue weighted by atomic mass is 10.1. The third-order valence-electron chi connectivity index (χ3n) is 5.60. The van der Waals surface area contributed by atoms with Crippen LogP contribution >= 0.6 is 0 Å². The van der Waals surface area contributed by atoms with Crippen molar-refractivity contribution in [3.8, 4) is 0 Å². The van der Waals surface area contributed by atoms with Gasteiger partial charge in [-0.15, -0.1) is 0 Å². The number of aryl methyl sites for hydroxylation is 2. The number of amides is 3. The number of anilines is 1. The van der Waals surface area contributed by atoms with Gasteiger partial charge in [0.05, 0.1) is 21.7 Å². The summed E-state index contributed by atoms with van der Waals surface area (Å²) in [5.74, 6) is -2.17. The molecule has 1 atom stereocenters. The molecule has 0 spiro atoms. The van der Waals surface area contributed by atoms with Gasteiger partial charge in [-0.2, -0.15) is 0 Å². The van der Waals surface area contributed by atoms with Crippen molar-refractivity contribution in [2.45, 2.75) is 31.7 Å². The first-order valence-corrected chi connectivity index (χ1v) is 11.8. The molecule has 33 heavy (non-hydrogen) atoms. The van der Waals surface area contributed by atoms with Crippen LogP contribution in [-0.4, -0.2) is 37.1 Å². The predicted octanol–water partition coefficient (Wildman–Crippen LogP) is 3.71. The first-order valence-electron chi connectivity index (χ1n) is 10.3. The second kappa shape index (κ2) is 8.29. The predicted molar refractivity (Wildman–Crippen MR) is 123 cm³/mol. The summed E-state index contributed by atoms with van der Waals surface area (Å²) >= 11 is 0. The van der Waals surface area contributed by atoms with Crippen molar-refractivity contribution in [2.24, 2.45) is 0 Å². The summed E-state index contributed by atoms with van der Waals surface area (Å²) in [5.41, 5.74) is 2.24. The largest absolute Gasteiger partial charge is 0.271 e. The molecule has 0 bridgehead atoms. The molecule has 1 unspecified atom stereocenters. The first kappa shape index (κ1) is 22.4. The Morgan fingerprint density at radius 1 is 0.788 bits per heavy atom. The first-order chi connectivity index (χ1) is 15.6. The molecule has 1 aliphatic heterocycles. The Bertz CT molecular complexity index is 1330. The highest BCUT2D eigenvalue weighted by atomic mass is 32.2. The number of imide groups is 1. The SMILES string of the molecule is Cc1ccc(N(C(=O)C(C)N2C(=O)c3ccccc3C2=O)S(=O)(=O)c2ccc(C)cc2)cc1. The lowest BCUT2D eigenvalue weighted by molar-refractivity contribution is -0.120. The Morgan fingerprint density at radius 2 is 1.24 bits per heavy atom. The average molecular weight is 463 g/mol. The number of hydrogen-bond acceptors (Lipinski definition) is 5. The third kappa shape index (κ3) is 3.82. The van der Waals surface area contributed by atoms with Crippen LogP contribution in [0.3, 0.4) is 0 Å². The van der Waals surface area contributed by atoms with E-state index in [0.29, 0.717) is 4.31 Å². The van der Waals surface area contributed by atoms with E-state index >= 15 is 0 Å². The Balaban J connectivity index is 1.79. The van der Waals surface area contributed by atoms with Crippen LogP contribution in [0.5, 0.6) is 0 Å². The summed E-state index contributed by atoms with van der Waals surface area (Å²) in [4.78, 5) is 40.2. The van der Waals surface area contributed by atoms with Crippen LogP contribution in [0.2, 0.25) is 0 Å². The fourth-order valence-corrected chi connectivity index (χ4v) is 5.20. The summed E-state index contributed by atoms with van der Waals surface area (Å²) in [6, 6.07) is 17.5. The number of carbonyl (C=O) groups excluding carboxylic acids is 3. The quantitative estimate of drug-likeness (QED) is 0.539. The van der Waals surface area contributed by atoms with Crippen LogP contribution in [0, 0.1) is 13.8 Å². The van der Waals surface area contributed by atoms with Crippen LogP contribution in [-0.2, 0) is 14.8 Å². The molecule has 0 saturated heterocycles. The molecule has 0 radical (unpaired) electrons. The highest BCUT2D eigenvalue weighted by Gasteiger charge is 2.44. The zero-order chi connectivity index (χ0) is 23.9. The van der Waals surface area contributed by atoms with Crippen LogP contribution in [0.25, 0.3) is 0 Å². The molecule has 0 aliphatic carbocycles. The van der Waals surface area contributed by atoms with E-state index in [0.717, 1.165) is 16.0 Å². The Morgan fingerprint density at radius 3 is 1.73 bits per heavy atom. The van der Waals surface area contributed by atoms with Gasteiger partial charge >= 0.3 is 0 Å². The Hall–Kier alpha value is -3.78. The monoisotopic (exact) mass is 462 g/mol. The molecule has 0 fully saturated rings. The van der Waals surface area contributed by atoms with Gasteiger partial charge in [0.25, 0.3) is 27.7 Å². The molecule has 8 heteroatoms. The normalized spacial score (nSPS) is 14.2. The van der Waals surface area contributed by atoms with Crippen LogP contribution in [0.4, 0.5) is 5.69 Å². The second-order valence-corrected chi connectivity index (χ2v) is 9.74. The van der Waals surface area contributed by atoms with Crippen molar-refractivity contribution in [2.75, 3.05) is 4.31 Å². The second-order valence-electron chi connectivity index (χ2n) is 7.96. The number of fused-ring (bicyclic) bond motifs is 1. The zero-order valence-corrected chi connectivity index (χ0v) is 19.2. The number of nitrogens with zero attached hydrogens (tertiary/aromatic N) is 2. The summed E-state index contributed by atoms with van der Waals surface area (Å²) < 4.78 is 27.8. The maximum Gasteiger partial charge on any atom is 0.270 e. The van der Waals surface area contributed by atoms with E-state index < -0.39 is 33.8 Å². The highest BCUT2D eigenvalue weighted by Crippen LogP contribution is 2.29. The van der Waals surface area contributed by atoms with Gasteiger partial charge in [0.1, 0.15) is 6.04 Å². The van der Waals surface area contributed by atoms with E-state index in [1.807, 2.05) is 13.8 Å². The van der Waals surface area contributed by atoms with E-state index in [1.165, 1.54) is 43.3 Å². The molecule has 3 aromatic rings. The van der Waals surface area contributed by atoms with Crippen LogP contribution < -0.4 is 4.31 Å². The van der Waals surface area contributed by atoms with E-state index in [1.54, 1.807) is 36.4 Å². The maximum absolute atomic E-state index is 13.6. The van der Waals surface area contributed by atoms with E-state index in [4.69, 9.17) is 0 Å². The van der Waals surface area contributed by atoms with Gasteiger partial charge in [-0.1, -0.05) is 47.5 Å². The molecule has 0 N–H and O–H groups in total. The molecule has 168 valence electrons.